The molecule has 0 radical (unpaired) electrons. The van der Waals surface area contributed by atoms with Crippen molar-refractivity contribution in [1.29, 1.82) is 0 Å². The largest absolute Gasteiger partial charge is 0.503 e. The summed E-state index contributed by atoms with van der Waals surface area (Å²) in [6, 6.07) is -0.372. The van der Waals surface area contributed by atoms with E-state index in [4.69, 9.17) is 18.4 Å². The smallest absolute Gasteiger partial charge is 0.479 e. The van der Waals surface area contributed by atoms with Gasteiger partial charge in [-0.2, -0.15) is 0 Å². The minimum Gasteiger partial charge on any atom is -0.479 e. The second-order valence-corrected chi connectivity index (χ2v) is 17.5. The molecule has 0 aromatic rings. The van der Waals surface area contributed by atoms with Gasteiger partial charge in [0.1, 0.15) is 24.4 Å². The van der Waals surface area contributed by atoms with Crippen molar-refractivity contribution < 1.29 is 82.9 Å². The van der Waals surface area contributed by atoms with Crippen molar-refractivity contribution in [1.82, 2.24) is 0 Å². The van der Waals surface area contributed by atoms with Gasteiger partial charge in [-0.05, 0) is 25.7 Å². The Morgan fingerprint density at radius 3 is 1.48 bits per heavy atom. The first kappa shape index (κ1) is 49.8. The predicted molar refractivity (Wildman–Crippen MR) is 196 cm³/mol. The van der Waals surface area contributed by atoms with Crippen molar-refractivity contribution in [2.45, 2.75) is 178 Å². The van der Waals surface area contributed by atoms with Crippen molar-refractivity contribution in [3.05, 3.63) is 0 Å². The molecule has 0 aromatic heterocycles. The molecule has 0 spiro atoms. The van der Waals surface area contributed by atoms with E-state index in [0.29, 0.717) is 11.0 Å². The van der Waals surface area contributed by atoms with Crippen LogP contribution in [0.3, 0.4) is 0 Å². The van der Waals surface area contributed by atoms with Gasteiger partial charge in [0.25, 0.3) is 0 Å². The number of unbranched alkanes of at least 4 members (excludes halogenated alkanes) is 14. The van der Waals surface area contributed by atoms with Crippen LogP contribution in [-0.4, -0.2) is 159 Å². The number of rotatable bonds is 32. The molecule has 1 heterocycles. The molecule has 316 valence electrons. The number of carboxylic acids is 4. The molecule has 1 aliphatic rings. The summed E-state index contributed by atoms with van der Waals surface area (Å²) in [5, 5.41) is 90.4. The van der Waals surface area contributed by atoms with E-state index in [9.17, 15) is 60.0 Å². The van der Waals surface area contributed by atoms with E-state index in [-0.39, 0.29) is 12.5 Å². The maximum atomic E-state index is 12.4. The van der Waals surface area contributed by atoms with Gasteiger partial charge in [0, 0.05) is 12.5 Å². The molecule has 1 fully saturated rings. The van der Waals surface area contributed by atoms with Gasteiger partial charge in [0.15, 0.2) is 24.4 Å². The SMILES string of the molecule is CCCCCCCCCC[N+](C)(CCCCCCCCCC)CCC[Si]1(OC(C(=O)O)C(O)C(O)C(O)C(=O)O)OC(C(=O)O)C(O)C(C(O)C(=O)O)O1. The standard InChI is InChI=1S/C36H67NO16Si/c1-4-6-8-10-12-14-16-18-21-37(3,22-19-17-15-13-11-9-7-5-2)23-20-24-54(52-31(35(47)48)26(39)25(38)27(40)33(43)44)51-30(29(42)34(45)46)28(41)32(53-54)36(49)50/h25-32,38-42H,4-24H2,1-3H3,(H3-,43,44,45,46,47,48,49,50)/p+1. The van der Waals surface area contributed by atoms with Crippen molar-refractivity contribution in [3.8, 4) is 0 Å². The van der Waals surface area contributed by atoms with E-state index in [1.165, 1.54) is 51.4 Å². The van der Waals surface area contributed by atoms with Crippen molar-refractivity contribution in [2.75, 3.05) is 26.7 Å². The predicted octanol–water partition coefficient (Wildman–Crippen LogP) is 2.36. The van der Waals surface area contributed by atoms with Gasteiger partial charge in [-0.3, -0.25) is 0 Å². The van der Waals surface area contributed by atoms with E-state index < -0.39 is 81.5 Å². The summed E-state index contributed by atoms with van der Waals surface area (Å²) < 4.78 is 17.6. The first-order chi connectivity index (χ1) is 25.5. The zero-order chi connectivity index (χ0) is 40.9. The molecule has 9 unspecified atom stereocenters. The number of carbonyl (C=O) groups is 4. The fourth-order valence-corrected chi connectivity index (χ4v) is 9.85. The summed E-state index contributed by atoms with van der Waals surface area (Å²) >= 11 is 0. The zero-order valence-corrected chi connectivity index (χ0v) is 33.3. The molecule has 17 nitrogen and oxygen atoms in total. The van der Waals surface area contributed by atoms with E-state index in [0.717, 1.165) is 64.5 Å². The highest BCUT2D eigenvalue weighted by Crippen LogP contribution is 2.34. The number of nitrogens with zero attached hydrogens (tertiary/aromatic N) is 1. The van der Waals surface area contributed by atoms with Crippen LogP contribution in [-0.2, 0) is 32.5 Å². The van der Waals surface area contributed by atoms with Crippen LogP contribution in [0.1, 0.15) is 123 Å². The van der Waals surface area contributed by atoms with Crippen LogP contribution in [0.15, 0.2) is 0 Å². The van der Waals surface area contributed by atoms with Gasteiger partial charge in [-0.15, -0.1) is 0 Å². The normalized spacial score (nSPS) is 23.3. The summed E-state index contributed by atoms with van der Waals surface area (Å²) in [4.78, 5) is 47.6. The lowest BCUT2D eigenvalue weighted by Gasteiger charge is -2.45. The number of hydrogen-bond acceptors (Lipinski definition) is 12. The molecule has 54 heavy (non-hydrogen) atoms. The third kappa shape index (κ3) is 17.3. The molecule has 18 heteroatoms. The highest BCUT2D eigenvalue weighted by Gasteiger charge is 2.60. The van der Waals surface area contributed by atoms with Gasteiger partial charge in [-0.25, -0.2) is 19.2 Å². The summed E-state index contributed by atoms with van der Waals surface area (Å²) in [7, 11) is -2.82. The lowest BCUT2D eigenvalue weighted by molar-refractivity contribution is -0.910. The van der Waals surface area contributed by atoms with Gasteiger partial charge >= 0.3 is 32.7 Å². The second kappa shape index (κ2) is 25.8. The minimum absolute atomic E-state index is 0.137. The van der Waals surface area contributed by atoms with E-state index in [2.05, 4.69) is 20.9 Å². The molecule has 0 bridgehead atoms. The zero-order valence-electron chi connectivity index (χ0n) is 32.3. The molecule has 0 amide bonds. The average Bonchev–Trinajstić information content (AvgIpc) is 3.12. The van der Waals surface area contributed by atoms with Gasteiger partial charge < -0.3 is 63.7 Å². The number of carboxylic acid groups (broad SMARTS) is 4. The van der Waals surface area contributed by atoms with Gasteiger partial charge in [0.05, 0.1) is 26.7 Å². The monoisotopic (exact) mass is 798 g/mol. The Labute approximate surface area is 319 Å². The van der Waals surface area contributed by atoms with E-state index in [1.54, 1.807) is 0 Å². The van der Waals surface area contributed by atoms with Gasteiger partial charge in [0.2, 0.25) is 0 Å². The lowest BCUT2D eigenvalue weighted by Crippen LogP contribution is -2.68. The van der Waals surface area contributed by atoms with Gasteiger partial charge in [-0.1, -0.05) is 90.9 Å². The Morgan fingerprint density at radius 1 is 0.630 bits per heavy atom. The highest BCUT2D eigenvalue weighted by molar-refractivity contribution is 6.61. The number of quaternary nitrogens is 1. The van der Waals surface area contributed by atoms with Crippen molar-refractivity contribution >= 4 is 32.7 Å². The van der Waals surface area contributed by atoms with Crippen LogP contribution in [0, 0.1) is 0 Å². The first-order valence-electron chi connectivity index (χ1n) is 19.6. The topological polar surface area (TPSA) is 278 Å². The fourth-order valence-electron chi connectivity index (χ4n) is 6.80. The Hall–Kier alpha value is -2.26. The Kier molecular flexibility index (Phi) is 23.8. The molecule has 9 N–H and O–H groups in total. The summed E-state index contributed by atoms with van der Waals surface area (Å²) in [6.07, 6.45) is -1.56. The molecule has 0 aliphatic carbocycles. The quantitative estimate of drug-likeness (QED) is 0.0268. The Bertz CT molecular complexity index is 1100. The van der Waals surface area contributed by atoms with Crippen LogP contribution < -0.4 is 0 Å². The Balaban J connectivity index is 3.36. The van der Waals surface area contributed by atoms with Crippen LogP contribution in [0.2, 0.25) is 6.04 Å². The molecule has 1 rings (SSSR count). The summed E-state index contributed by atoms with van der Waals surface area (Å²) in [5.41, 5.74) is 0. The maximum Gasteiger partial charge on any atom is 0.503 e. The Morgan fingerprint density at radius 2 is 1.07 bits per heavy atom. The highest BCUT2D eigenvalue weighted by atomic mass is 28.4. The maximum absolute atomic E-state index is 12.4. The molecule has 1 saturated heterocycles. The molecular weight excluding hydrogens is 730 g/mol. The molecule has 0 saturated carbocycles. The lowest BCUT2D eigenvalue weighted by atomic mass is 10.0. The third-order valence-electron chi connectivity index (χ3n) is 10.1. The van der Waals surface area contributed by atoms with Crippen molar-refractivity contribution in [3.63, 3.8) is 0 Å². The van der Waals surface area contributed by atoms with Crippen LogP contribution in [0.4, 0.5) is 0 Å². The summed E-state index contributed by atoms with van der Waals surface area (Å²) in [6.45, 7) is 6.38. The molecule has 0 aromatic carbocycles. The molecule has 9 atom stereocenters. The third-order valence-corrected chi connectivity index (χ3v) is 13.0. The summed E-state index contributed by atoms with van der Waals surface area (Å²) in [5.74, 6) is -7.70. The average molecular weight is 799 g/mol. The minimum atomic E-state index is -4.89. The van der Waals surface area contributed by atoms with Crippen LogP contribution in [0.5, 0.6) is 0 Å². The van der Waals surface area contributed by atoms with Crippen LogP contribution in [0.25, 0.3) is 0 Å². The number of aliphatic carboxylic acids is 4. The van der Waals surface area contributed by atoms with Crippen LogP contribution >= 0.6 is 0 Å². The number of aliphatic hydroxyl groups excluding tert-OH is 5. The molecule has 1 aliphatic heterocycles. The molecular formula is C36H68NO16Si+. The number of hydrogen-bond donors (Lipinski definition) is 9. The van der Waals surface area contributed by atoms with E-state index in [1.807, 2.05) is 0 Å². The van der Waals surface area contributed by atoms with Crippen molar-refractivity contribution in [2.24, 2.45) is 0 Å². The fraction of sp³-hybridized carbons (Fsp3) is 0.889. The first-order valence-corrected chi connectivity index (χ1v) is 21.6. The second-order valence-electron chi connectivity index (χ2n) is 14.9. The van der Waals surface area contributed by atoms with E-state index >= 15 is 0 Å². The number of aliphatic hydroxyl groups is 5.